The second-order valence-electron chi connectivity index (χ2n) is 10.4. The van der Waals surface area contributed by atoms with Gasteiger partial charge in [0.2, 0.25) is 11.0 Å². The molecule has 0 aliphatic carbocycles. The van der Waals surface area contributed by atoms with Gasteiger partial charge in [-0.05, 0) is 38.1 Å². The van der Waals surface area contributed by atoms with Gasteiger partial charge in [0.05, 0.1) is 47.4 Å². The molecule has 0 aromatic carbocycles. The first kappa shape index (κ1) is 25.2. The van der Waals surface area contributed by atoms with Crippen LogP contribution in [0.4, 0.5) is 10.8 Å². The summed E-state index contributed by atoms with van der Waals surface area (Å²) >= 11 is 1.54. The highest BCUT2D eigenvalue weighted by Crippen LogP contribution is 2.38. The topological polar surface area (TPSA) is 133 Å². The molecule has 6 rings (SSSR count). The van der Waals surface area contributed by atoms with Crippen molar-refractivity contribution in [2.45, 2.75) is 32.9 Å². The summed E-state index contributed by atoms with van der Waals surface area (Å²) < 4.78 is 7.58. The normalized spacial score (nSPS) is 20.7. The Morgan fingerprint density at radius 3 is 2.69 bits per heavy atom. The molecule has 12 heteroatoms. The van der Waals surface area contributed by atoms with Crippen LogP contribution in [0.25, 0.3) is 27.5 Å². The maximum absolute atomic E-state index is 11.7. The Hall–Kier alpha value is -4.08. The van der Waals surface area contributed by atoms with Crippen molar-refractivity contribution in [2.75, 3.05) is 36.5 Å². The number of carbonyl (C=O) groups excluding carboxylic acids is 1. The van der Waals surface area contributed by atoms with Crippen LogP contribution in [0.15, 0.2) is 36.7 Å². The van der Waals surface area contributed by atoms with Gasteiger partial charge in [0.25, 0.3) is 0 Å². The highest BCUT2D eigenvalue weighted by molar-refractivity contribution is 7.18. The molecule has 4 aromatic rings. The van der Waals surface area contributed by atoms with Crippen molar-refractivity contribution in [3.05, 3.63) is 42.2 Å². The van der Waals surface area contributed by atoms with Crippen LogP contribution in [0, 0.1) is 23.2 Å². The highest BCUT2D eigenvalue weighted by Gasteiger charge is 2.41. The quantitative estimate of drug-likeness (QED) is 0.376. The fourth-order valence-corrected chi connectivity index (χ4v) is 6.35. The van der Waals surface area contributed by atoms with E-state index in [1.54, 1.807) is 35.0 Å². The van der Waals surface area contributed by atoms with E-state index in [0.717, 1.165) is 51.4 Å². The number of hydrogen-bond donors (Lipinski definition) is 2. The zero-order valence-electron chi connectivity index (χ0n) is 22.0. The van der Waals surface area contributed by atoms with Crippen LogP contribution < -0.4 is 15.5 Å². The lowest BCUT2D eigenvalue weighted by Crippen LogP contribution is -2.61. The van der Waals surface area contributed by atoms with Crippen LogP contribution in [0.3, 0.4) is 0 Å². The lowest BCUT2D eigenvalue weighted by atomic mass is 9.82. The van der Waals surface area contributed by atoms with E-state index in [1.807, 2.05) is 24.4 Å². The first-order chi connectivity index (χ1) is 18.9. The molecular formula is C27H29N9O2S. The first-order valence-electron chi connectivity index (χ1n) is 13.0. The molecule has 2 bridgehead atoms. The number of nitriles is 1. The number of hydrogen-bond acceptors (Lipinski definition) is 10. The minimum Gasteiger partial charge on any atom is -0.382 e. The molecule has 2 saturated heterocycles. The molecule has 2 fully saturated rings. The SMILES string of the molecule is CC(=O)NC1[C@@H]2COC[C@H]1CN(c1nnc(-c3cnc(-c4ccc5cc(C#N)cnn45)cc3NC(C)C)s1)C2. The monoisotopic (exact) mass is 543 g/mol. The van der Waals surface area contributed by atoms with Crippen molar-refractivity contribution >= 4 is 33.6 Å². The molecule has 1 unspecified atom stereocenters. The molecule has 39 heavy (non-hydrogen) atoms. The molecule has 3 atom stereocenters. The third kappa shape index (κ3) is 4.91. The minimum absolute atomic E-state index is 0.000487. The van der Waals surface area contributed by atoms with Crippen molar-refractivity contribution in [3.8, 4) is 28.0 Å². The Morgan fingerprint density at radius 1 is 1.18 bits per heavy atom. The zero-order valence-corrected chi connectivity index (χ0v) is 22.8. The number of aromatic nitrogens is 5. The third-order valence-electron chi connectivity index (χ3n) is 7.11. The predicted molar refractivity (Wildman–Crippen MR) is 148 cm³/mol. The maximum atomic E-state index is 11.7. The fourth-order valence-electron chi connectivity index (χ4n) is 5.47. The molecule has 1 amide bonds. The Labute approximate surface area is 229 Å². The number of nitrogens with zero attached hydrogens (tertiary/aromatic N) is 7. The van der Waals surface area contributed by atoms with Gasteiger partial charge in [-0.1, -0.05) is 11.3 Å². The number of carbonyl (C=O) groups is 1. The molecule has 2 aliphatic rings. The number of anilines is 2. The van der Waals surface area contributed by atoms with Crippen molar-refractivity contribution in [3.63, 3.8) is 0 Å². The van der Waals surface area contributed by atoms with Crippen LogP contribution in [0.2, 0.25) is 0 Å². The molecule has 0 saturated carbocycles. The van der Waals surface area contributed by atoms with Gasteiger partial charge in [-0.15, -0.1) is 10.2 Å². The van der Waals surface area contributed by atoms with Gasteiger partial charge in [0.15, 0.2) is 5.01 Å². The van der Waals surface area contributed by atoms with Crippen LogP contribution in [0.5, 0.6) is 0 Å². The number of ether oxygens (including phenoxy) is 1. The highest BCUT2D eigenvalue weighted by atomic mass is 32.1. The van der Waals surface area contributed by atoms with Crippen molar-refractivity contribution in [1.82, 2.24) is 30.1 Å². The van der Waals surface area contributed by atoms with Gasteiger partial charge in [-0.3, -0.25) is 9.78 Å². The molecular weight excluding hydrogens is 514 g/mol. The predicted octanol–water partition coefficient (Wildman–Crippen LogP) is 3.19. The number of fused-ring (bicyclic) bond motifs is 3. The average Bonchev–Trinajstić information content (AvgIpc) is 3.55. The van der Waals surface area contributed by atoms with Gasteiger partial charge >= 0.3 is 0 Å². The summed E-state index contributed by atoms with van der Waals surface area (Å²) in [5.41, 5.74) is 4.74. The van der Waals surface area contributed by atoms with Gasteiger partial charge in [0.1, 0.15) is 6.07 Å². The summed E-state index contributed by atoms with van der Waals surface area (Å²) in [5, 5.41) is 31.0. The molecule has 4 aromatic heterocycles. The number of rotatable bonds is 6. The Morgan fingerprint density at radius 2 is 1.97 bits per heavy atom. The number of amides is 1. The van der Waals surface area contributed by atoms with Gasteiger partial charge < -0.3 is 20.3 Å². The van der Waals surface area contributed by atoms with Gasteiger partial charge in [-0.2, -0.15) is 10.4 Å². The average molecular weight is 544 g/mol. The van der Waals surface area contributed by atoms with E-state index in [1.165, 1.54) is 0 Å². The molecule has 2 N–H and O–H groups in total. The molecule has 0 spiro atoms. The minimum atomic E-state index is 0.000487. The summed E-state index contributed by atoms with van der Waals surface area (Å²) in [6.07, 6.45) is 3.39. The fraction of sp³-hybridized carbons (Fsp3) is 0.407. The smallest absolute Gasteiger partial charge is 0.217 e. The number of piperidine rings is 1. The van der Waals surface area contributed by atoms with Crippen molar-refractivity contribution < 1.29 is 9.53 Å². The van der Waals surface area contributed by atoms with Crippen LogP contribution >= 0.6 is 11.3 Å². The lowest BCUT2D eigenvalue weighted by molar-refractivity contribution is -0.122. The van der Waals surface area contributed by atoms with Gasteiger partial charge in [0, 0.05) is 55.8 Å². The van der Waals surface area contributed by atoms with Crippen molar-refractivity contribution in [2.24, 2.45) is 11.8 Å². The largest absolute Gasteiger partial charge is 0.382 e. The molecule has 11 nitrogen and oxygen atoms in total. The summed E-state index contributed by atoms with van der Waals surface area (Å²) in [4.78, 5) is 18.8. The standard InChI is InChI=1S/C27H29N9O2S/c1-15(2)31-22-7-23(24-5-4-20-6-17(8-28)9-30-36(20)24)29-10-21(22)26-33-34-27(39-26)35-11-18-13-38-14-19(12-35)25(18)32-16(3)37/h4-7,9-10,15,18-19,25H,11-14H2,1-3H3,(H,29,31)(H,32,37)/t18-,19+,25?. The second kappa shape index (κ2) is 10.2. The number of nitrogens with one attached hydrogen (secondary N) is 2. The molecule has 2 aliphatic heterocycles. The summed E-state index contributed by atoms with van der Waals surface area (Å²) in [6.45, 7) is 8.51. The Bertz CT molecular complexity index is 1560. The molecule has 200 valence electrons. The van der Waals surface area contributed by atoms with Crippen LogP contribution in [-0.4, -0.2) is 69.1 Å². The number of pyridine rings is 1. The Kier molecular flexibility index (Phi) is 6.62. The second-order valence-corrected chi connectivity index (χ2v) is 11.4. The van der Waals surface area contributed by atoms with E-state index in [4.69, 9.17) is 9.72 Å². The first-order valence-corrected chi connectivity index (χ1v) is 13.8. The van der Waals surface area contributed by atoms with E-state index in [2.05, 4.69) is 50.7 Å². The summed E-state index contributed by atoms with van der Waals surface area (Å²) in [5.74, 6) is 0.422. The van der Waals surface area contributed by atoms with E-state index in [-0.39, 0.29) is 29.8 Å². The third-order valence-corrected chi connectivity index (χ3v) is 8.13. The van der Waals surface area contributed by atoms with E-state index >= 15 is 0 Å². The zero-order chi connectivity index (χ0) is 27.1. The lowest BCUT2D eigenvalue weighted by Gasteiger charge is -2.46. The van der Waals surface area contributed by atoms with E-state index in [9.17, 15) is 10.1 Å². The maximum Gasteiger partial charge on any atom is 0.217 e. The van der Waals surface area contributed by atoms with Crippen LogP contribution in [0.1, 0.15) is 26.3 Å². The summed E-state index contributed by atoms with van der Waals surface area (Å²) in [6, 6.07) is 10.2. The summed E-state index contributed by atoms with van der Waals surface area (Å²) in [7, 11) is 0. The molecule has 6 heterocycles. The molecule has 0 radical (unpaired) electrons. The van der Waals surface area contributed by atoms with E-state index in [0.29, 0.717) is 18.8 Å². The van der Waals surface area contributed by atoms with E-state index < -0.39 is 0 Å². The van der Waals surface area contributed by atoms with Crippen molar-refractivity contribution in [1.29, 1.82) is 5.26 Å². The van der Waals surface area contributed by atoms with Gasteiger partial charge in [-0.25, -0.2) is 4.52 Å². The van der Waals surface area contributed by atoms with Crippen LogP contribution in [-0.2, 0) is 9.53 Å². The Balaban J connectivity index is 1.29.